The van der Waals surface area contributed by atoms with Crippen molar-refractivity contribution >= 4 is 51.3 Å². The van der Waals surface area contributed by atoms with Gasteiger partial charge in [0.15, 0.2) is 0 Å². The Bertz CT molecular complexity index is 1130. The molecule has 1 aromatic heterocycles. The summed E-state index contributed by atoms with van der Waals surface area (Å²) >= 11 is 6.30. The second-order valence-electron chi connectivity index (χ2n) is 5.96. The molecule has 0 unspecified atom stereocenters. The van der Waals surface area contributed by atoms with Crippen LogP contribution in [0, 0.1) is 6.92 Å². The van der Waals surface area contributed by atoms with E-state index in [0.717, 1.165) is 33.5 Å². The van der Waals surface area contributed by atoms with Crippen molar-refractivity contribution in [3.05, 3.63) is 58.6 Å². The van der Waals surface area contributed by atoms with E-state index >= 15 is 0 Å². The fourth-order valence-electron chi connectivity index (χ4n) is 2.92. The van der Waals surface area contributed by atoms with Crippen molar-refractivity contribution in [2.75, 3.05) is 7.11 Å². The van der Waals surface area contributed by atoms with Crippen LogP contribution in [0.5, 0.6) is 5.75 Å². The van der Waals surface area contributed by atoms with Crippen LogP contribution in [-0.4, -0.2) is 27.3 Å². The molecule has 2 heterocycles. The van der Waals surface area contributed by atoms with Crippen LogP contribution in [0.4, 0.5) is 0 Å². The summed E-state index contributed by atoms with van der Waals surface area (Å²) in [5, 5.41) is 2.63. The number of nitrogens with one attached hydrogen (secondary N) is 1. The van der Waals surface area contributed by atoms with Crippen LogP contribution >= 0.6 is 24.0 Å². The minimum absolute atomic E-state index is 0.177. The summed E-state index contributed by atoms with van der Waals surface area (Å²) in [6, 6.07) is 13.5. The molecule has 1 N–H and O–H groups in total. The van der Waals surface area contributed by atoms with E-state index in [9.17, 15) is 4.79 Å². The van der Waals surface area contributed by atoms with E-state index in [1.54, 1.807) is 7.11 Å². The normalized spacial score (nSPS) is 15.4. The average molecular weight is 393 g/mol. The van der Waals surface area contributed by atoms with Crippen molar-refractivity contribution in [2.24, 2.45) is 0 Å². The summed E-state index contributed by atoms with van der Waals surface area (Å²) in [4.78, 5) is 21.9. The number of hydrogen-bond donors (Lipinski definition) is 1. The van der Waals surface area contributed by atoms with Gasteiger partial charge in [-0.2, -0.15) is 0 Å². The van der Waals surface area contributed by atoms with Crippen molar-refractivity contribution in [3.63, 3.8) is 0 Å². The number of nitrogens with zero attached hydrogens (tertiary/aromatic N) is 2. The minimum atomic E-state index is -0.177. The van der Waals surface area contributed by atoms with Crippen molar-refractivity contribution in [2.45, 2.75) is 6.92 Å². The lowest BCUT2D eigenvalue weighted by Crippen LogP contribution is -2.17. The number of hydrogen-bond acceptors (Lipinski definition) is 6. The zero-order valence-corrected chi connectivity index (χ0v) is 16.3. The van der Waals surface area contributed by atoms with Gasteiger partial charge in [-0.1, -0.05) is 42.2 Å². The van der Waals surface area contributed by atoms with Crippen molar-refractivity contribution in [3.8, 4) is 17.0 Å². The molecule has 2 aromatic carbocycles. The Balaban J connectivity index is 1.85. The predicted molar refractivity (Wildman–Crippen MR) is 113 cm³/mol. The quantitative estimate of drug-likeness (QED) is 0.534. The van der Waals surface area contributed by atoms with E-state index in [4.69, 9.17) is 21.9 Å². The Labute approximate surface area is 165 Å². The average Bonchev–Trinajstić information content (AvgIpc) is 2.98. The highest BCUT2D eigenvalue weighted by Gasteiger charge is 2.22. The van der Waals surface area contributed by atoms with Gasteiger partial charge in [0.2, 0.25) is 0 Å². The standard InChI is InChI=1S/C20H15N3O2S2/c1-11-18(22-15-6-4-3-5-14(15)21-11)13-9-12(7-8-16(13)25-2)10-17-19(24)23-20(26)27-17/h3-10H,1-2H3,(H,23,24,26)/b17-10-. The smallest absolute Gasteiger partial charge is 0.263 e. The van der Waals surface area contributed by atoms with Crippen molar-refractivity contribution in [1.29, 1.82) is 0 Å². The maximum atomic E-state index is 11.9. The third kappa shape index (κ3) is 3.43. The van der Waals surface area contributed by atoms with Gasteiger partial charge in [-0.3, -0.25) is 4.79 Å². The van der Waals surface area contributed by atoms with Crippen LogP contribution in [0.15, 0.2) is 47.4 Å². The summed E-state index contributed by atoms with van der Waals surface area (Å²) in [6.45, 7) is 1.93. The number of fused-ring (bicyclic) bond motifs is 1. The third-order valence-corrected chi connectivity index (χ3v) is 5.33. The molecule has 0 aliphatic carbocycles. The molecule has 0 spiro atoms. The van der Waals surface area contributed by atoms with Crippen LogP contribution in [-0.2, 0) is 4.79 Å². The lowest BCUT2D eigenvalue weighted by molar-refractivity contribution is -0.115. The first-order valence-corrected chi connectivity index (χ1v) is 9.44. The Morgan fingerprint density at radius 2 is 1.89 bits per heavy atom. The SMILES string of the molecule is COc1ccc(/C=C2\SC(=S)NC2=O)cc1-c1nc2ccccc2nc1C. The highest BCUT2D eigenvalue weighted by atomic mass is 32.2. The number of ether oxygens (including phenoxy) is 1. The van der Waals surface area contributed by atoms with Crippen molar-refractivity contribution in [1.82, 2.24) is 15.3 Å². The van der Waals surface area contributed by atoms with E-state index in [2.05, 4.69) is 10.3 Å². The number of thioether (sulfide) groups is 1. The number of methoxy groups -OCH3 is 1. The fourth-order valence-corrected chi connectivity index (χ4v) is 3.96. The summed E-state index contributed by atoms with van der Waals surface area (Å²) < 4.78 is 6.00. The zero-order valence-electron chi connectivity index (χ0n) is 14.6. The molecule has 4 rings (SSSR count). The van der Waals surface area contributed by atoms with Crippen molar-refractivity contribution < 1.29 is 9.53 Å². The van der Waals surface area contributed by atoms with Gasteiger partial charge in [-0.05, 0) is 42.8 Å². The third-order valence-electron chi connectivity index (χ3n) is 4.16. The van der Waals surface area contributed by atoms with Gasteiger partial charge in [-0.25, -0.2) is 9.97 Å². The molecule has 5 nitrogen and oxygen atoms in total. The molecule has 27 heavy (non-hydrogen) atoms. The maximum absolute atomic E-state index is 11.9. The first-order chi connectivity index (χ1) is 13.0. The molecule has 0 radical (unpaired) electrons. The fraction of sp³-hybridized carbons (Fsp3) is 0.100. The van der Waals surface area contributed by atoms with Gasteiger partial charge in [0.25, 0.3) is 5.91 Å². The Kier molecular flexibility index (Phi) is 4.63. The minimum Gasteiger partial charge on any atom is -0.496 e. The molecule has 0 atom stereocenters. The molecule has 0 saturated carbocycles. The second kappa shape index (κ2) is 7.09. The topological polar surface area (TPSA) is 64.1 Å². The number of rotatable bonds is 3. The highest BCUT2D eigenvalue weighted by Crippen LogP contribution is 2.34. The Hall–Kier alpha value is -2.77. The van der Waals surface area contributed by atoms with Gasteiger partial charge in [0, 0.05) is 5.56 Å². The summed E-state index contributed by atoms with van der Waals surface area (Å²) in [7, 11) is 1.62. The van der Waals surface area contributed by atoms with E-state index in [-0.39, 0.29) is 5.91 Å². The Morgan fingerprint density at radius 3 is 2.56 bits per heavy atom. The molecule has 134 valence electrons. The van der Waals surface area contributed by atoms with E-state index in [1.165, 1.54) is 11.8 Å². The molecule has 1 saturated heterocycles. The number of thiocarbonyl (C=S) groups is 1. The number of carbonyl (C=O) groups excluding carboxylic acids is 1. The highest BCUT2D eigenvalue weighted by molar-refractivity contribution is 8.26. The summed E-state index contributed by atoms with van der Waals surface area (Å²) in [6.07, 6.45) is 1.81. The lowest BCUT2D eigenvalue weighted by Gasteiger charge is -2.12. The summed E-state index contributed by atoms with van der Waals surface area (Å²) in [5.41, 5.74) is 4.93. The van der Waals surface area contributed by atoms with Crippen LogP contribution in [0.2, 0.25) is 0 Å². The molecule has 1 fully saturated rings. The maximum Gasteiger partial charge on any atom is 0.263 e. The molecular weight excluding hydrogens is 378 g/mol. The monoisotopic (exact) mass is 393 g/mol. The number of para-hydroxylation sites is 2. The van der Waals surface area contributed by atoms with E-state index in [1.807, 2.05) is 55.5 Å². The number of aromatic nitrogens is 2. The predicted octanol–water partition coefficient (Wildman–Crippen LogP) is 4.10. The largest absolute Gasteiger partial charge is 0.496 e. The molecular formula is C20H15N3O2S2. The van der Waals surface area contributed by atoms with E-state index in [0.29, 0.717) is 15.0 Å². The van der Waals surface area contributed by atoms with Gasteiger partial charge in [0.05, 0.1) is 34.4 Å². The second-order valence-corrected chi connectivity index (χ2v) is 7.68. The molecule has 3 aromatic rings. The van der Waals surface area contributed by atoms with Crippen LogP contribution in [0.3, 0.4) is 0 Å². The number of amides is 1. The number of carbonyl (C=O) groups is 1. The first kappa shape index (κ1) is 17.6. The Morgan fingerprint density at radius 1 is 1.15 bits per heavy atom. The van der Waals surface area contributed by atoms with Crippen LogP contribution in [0.1, 0.15) is 11.3 Å². The van der Waals surface area contributed by atoms with Crippen LogP contribution < -0.4 is 10.1 Å². The molecule has 0 bridgehead atoms. The van der Waals surface area contributed by atoms with Crippen LogP contribution in [0.25, 0.3) is 28.4 Å². The summed E-state index contributed by atoms with van der Waals surface area (Å²) in [5.74, 6) is 0.521. The molecule has 1 amide bonds. The number of aryl methyl sites for hydroxylation is 1. The van der Waals surface area contributed by atoms with E-state index < -0.39 is 0 Å². The molecule has 1 aliphatic rings. The van der Waals surface area contributed by atoms with Gasteiger partial charge in [-0.15, -0.1) is 0 Å². The van der Waals surface area contributed by atoms with Gasteiger partial charge < -0.3 is 10.1 Å². The zero-order chi connectivity index (χ0) is 19.0. The lowest BCUT2D eigenvalue weighted by atomic mass is 10.0. The molecule has 1 aliphatic heterocycles. The molecule has 7 heteroatoms. The van der Waals surface area contributed by atoms with Gasteiger partial charge in [0.1, 0.15) is 10.1 Å². The first-order valence-electron chi connectivity index (χ1n) is 8.22. The number of benzene rings is 2. The van der Waals surface area contributed by atoms with Gasteiger partial charge >= 0.3 is 0 Å².